The fourth-order valence-corrected chi connectivity index (χ4v) is 0.663. The number of aromatic nitrogens is 1. The highest BCUT2D eigenvalue weighted by Crippen LogP contribution is 2.09. The van der Waals surface area contributed by atoms with Gasteiger partial charge in [0.1, 0.15) is 17.6 Å². The summed E-state index contributed by atoms with van der Waals surface area (Å²) in [6, 6.07) is 1.66. The van der Waals surface area contributed by atoms with Crippen molar-refractivity contribution in [3.63, 3.8) is 0 Å². The molecule has 1 aromatic rings. The highest BCUT2D eigenvalue weighted by Gasteiger charge is 2.08. The molecule has 0 saturated carbocycles. The van der Waals surface area contributed by atoms with Gasteiger partial charge in [-0.2, -0.15) is 0 Å². The lowest BCUT2D eigenvalue weighted by Gasteiger charge is -1.99. The Hall–Kier alpha value is -0.870. The van der Waals surface area contributed by atoms with Gasteiger partial charge in [-0.05, 0) is 6.92 Å². The normalized spacial score (nSPS) is 13.5. The van der Waals surface area contributed by atoms with Gasteiger partial charge in [0, 0.05) is 12.6 Å². The first-order valence-corrected chi connectivity index (χ1v) is 3.05. The number of nitrogens with two attached hydrogens (primary N) is 1. The third kappa shape index (κ3) is 1.34. The zero-order valence-corrected chi connectivity index (χ0v) is 5.74. The van der Waals surface area contributed by atoms with Crippen LogP contribution in [0.25, 0.3) is 0 Å². The summed E-state index contributed by atoms with van der Waals surface area (Å²) in [5.74, 6) is 0.683. The van der Waals surface area contributed by atoms with E-state index >= 15 is 0 Å². The lowest BCUT2D eigenvalue weighted by Crippen LogP contribution is -2.11. The predicted molar refractivity (Wildman–Crippen MR) is 35.3 cm³/mol. The Bertz CT molecular complexity index is 209. The van der Waals surface area contributed by atoms with E-state index < -0.39 is 6.10 Å². The number of hydrogen-bond donors (Lipinski definition) is 2. The molecule has 0 aliphatic heterocycles. The van der Waals surface area contributed by atoms with Crippen LogP contribution in [0.4, 0.5) is 0 Å². The zero-order valence-electron chi connectivity index (χ0n) is 5.74. The van der Waals surface area contributed by atoms with Crippen LogP contribution in [0.2, 0.25) is 0 Å². The molecule has 0 saturated heterocycles. The van der Waals surface area contributed by atoms with Gasteiger partial charge in [0.05, 0.1) is 0 Å². The van der Waals surface area contributed by atoms with Crippen molar-refractivity contribution in [2.75, 3.05) is 6.54 Å². The van der Waals surface area contributed by atoms with Gasteiger partial charge in [-0.15, -0.1) is 0 Å². The van der Waals surface area contributed by atoms with Gasteiger partial charge in [-0.25, -0.2) is 0 Å². The molecule has 4 nitrogen and oxygen atoms in total. The highest BCUT2D eigenvalue weighted by molar-refractivity contribution is 5.06. The first kappa shape index (κ1) is 7.24. The molecule has 0 fully saturated rings. The number of rotatable bonds is 2. The summed E-state index contributed by atoms with van der Waals surface area (Å²) in [5, 5.41) is 12.7. The second-order valence-corrected chi connectivity index (χ2v) is 2.11. The fraction of sp³-hybridized carbons (Fsp3) is 0.500. The van der Waals surface area contributed by atoms with Crippen LogP contribution >= 0.6 is 0 Å². The molecule has 1 heterocycles. The SMILES string of the molecule is Cc1cc([C@@H](O)CN)no1. The van der Waals surface area contributed by atoms with Crippen LogP contribution in [0, 0.1) is 6.92 Å². The van der Waals surface area contributed by atoms with Crippen molar-refractivity contribution in [3.8, 4) is 0 Å². The number of nitrogens with zero attached hydrogens (tertiary/aromatic N) is 1. The maximum absolute atomic E-state index is 9.10. The van der Waals surface area contributed by atoms with Crippen molar-refractivity contribution in [1.29, 1.82) is 0 Å². The first-order chi connectivity index (χ1) is 4.74. The van der Waals surface area contributed by atoms with Crippen molar-refractivity contribution in [3.05, 3.63) is 17.5 Å². The summed E-state index contributed by atoms with van der Waals surface area (Å²) in [7, 11) is 0. The van der Waals surface area contributed by atoms with E-state index in [1.807, 2.05) is 0 Å². The summed E-state index contributed by atoms with van der Waals surface area (Å²) in [5.41, 5.74) is 5.68. The Morgan fingerprint density at radius 2 is 2.60 bits per heavy atom. The lowest BCUT2D eigenvalue weighted by molar-refractivity contribution is 0.176. The summed E-state index contributed by atoms with van der Waals surface area (Å²) < 4.78 is 4.72. The van der Waals surface area contributed by atoms with Crippen LogP contribution in [0.3, 0.4) is 0 Å². The van der Waals surface area contributed by atoms with Crippen LogP contribution in [-0.2, 0) is 0 Å². The fourth-order valence-electron chi connectivity index (χ4n) is 0.663. The summed E-state index contributed by atoms with van der Waals surface area (Å²) in [4.78, 5) is 0. The van der Waals surface area contributed by atoms with Gasteiger partial charge in [0.15, 0.2) is 0 Å². The minimum absolute atomic E-state index is 0.173. The summed E-state index contributed by atoms with van der Waals surface area (Å²) in [6.07, 6.45) is -0.697. The Kier molecular flexibility index (Phi) is 2.03. The molecule has 0 bridgehead atoms. The van der Waals surface area contributed by atoms with Gasteiger partial charge < -0.3 is 15.4 Å². The second-order valence-electron chi connectivity index (χ2n) is 2.11. The first-order valence-electron chi connectivity index (χ1n) is 3.05. The van der Waals surface area contributed by atoms with Gasteiger partial charge in [-0.1, -0.05) is 5.16 Å². The minimum atomic E-state index is -0.697. The summed E-state index contributed by atoms with van der Waals surface area (Å²) >= 11 is 0. The average molecular weight is 142 g/mol. The average Bonchev–Trinajstić information content (AvgIpc) is 2.34. The van der Waals surface area contributed by atoms with Crippen LogP contribution in [0.15, 0.2) is 10.6 Å². The summed E-state index contributed by atoms with van der Waals surface area (Å²) in [6.45, 7) is 1.94. The Morgan fingerprint density at radius 1 is 1.90 bits per heavy atom. The monoisotopic (exact) mass is 142 g/mol. The minimum Gasteiger partial charge on any atom is -0.385 e. The van der Waals surface area contributed by atoms with Crippen molar-refractivity contribution in [2.45, 2.75) is 13.0 Å². The molecule has 0 unspecified atom stereocenters. The molecule has 0 aliphatic rings. The largest absolute Gasteiger partial charge is 0.385 e. The van der Waals surface area contributed by atoms with Gasteiger partial charge in [-0.3, -0.25) is 0 Å². The number of aliphatic hydroxyl groups excluding tert-OH is 1. The molecular formula is C6H10N2O2. The quantitative estimate of drug-likeness (QED) is 0.608. The highest BCUT2D eigenvalue weighted by atomic mass is 16.5. The van der Waals surface area contributed by atoms with E-state index in [2.05, 4.69) is 5.16 Å². The molecule has 1 rings (SSSR count). The molecule has 56 valence electrons. The standard InChI is InChI=1S/C6H10N2O2/c1-4-2-5(8-10-4)6(9)3-7/h2,6,9H,3,7H2,1H3/t6-/m0/s1. The molecular weight excluding hydrogens is 132 g/mol. The van der Waals surface area contributed by atoms with Crippen LogP contribution in [0.1, 0.15) is 17.6 Å². The van der Waals surface area contributed by atoms with Gasteiger partial charge >= 0.3 is 0 Å². The Labute approximate surface area is 58.6 Å². The van der Waals surface area contributed by atoms with Crippen LogP contribution in [0.5, 0.6) is 0 Å². The molecule has 1 aromatic heterocycles. The molecule has 1 atom stereocenters. The Balaban J connectivity index is 2.74. The van der Waals surface area contributed by atoms with Crippen LogP contribution < -0.4 is 5.73 Å². The smallest absolute Gasteiger partial charge is 0.134 e. The van der Waals surface area contributed by atoms with Crippen LogP contribution in [-0.4, -0.2) is 16.8 Å². The van der Waals surface area contributed by atoms with E-state index in [-0.39, 0.29) is 6.54 Å². The molecule has 0 aliphatic carbocycles. The third-order valence-corrected chi connectivity index (χ3v) is 1.21. The topological polar surface area (TPSA) is 72.3 Å². The maximum Gasteiger partial charge on any atom is 0.134 e. The lowest BCUT2D eigenvalue weighted by atomic mass is 10.2. The number of hydrogen-bond acceptors (Lipinski definition) is 4. The predicted octanol–water partition coefficient (Wildman–Crippen LogP) is -0.0249. The number of aryl methyl sites for hydroxylation is 1. The van der Waals surface area contributed by atoms with E-state index in [9.17, 15) is 0 Å². The van der Waals surface area contributed by atoms with E-state index in [0.29, 0.717) is 11.5 Å². The molecule has 0 aromatic carbocycles. The molecule has 10 heavy (non-hydrogen) atoms. The van der Waals surface area contributed by atoms with E-state index in [4.69, 9.17) is 15.4 Å². The molecule has 0 spiro atoms. The molecule has 0 amide bonds. The van der Waals surface area contributed by atoms with Crippen molar-refractivity contribution >= 4 is 0 Å². The molecule has 0 radical (unpaired) electrons. The van der Waals surface area contributed by atoms with Crippen molar-refractivity contribution in [1.82, 2.24) is 5.16 Å². The van der Waals surface area contributed by atoms with E-state index in [0.717, 1.165) is 0 Å². The van der Waals surface area contributed by atoms with Gasteiger partial charge in [0.25, 0.3) is 0 Å². The second kappa shape index (κ2) is 2.81. The number of aliphatic hydroxyl groups is 1. The molecule has 3 N–H and O–H groups in total. The zero-order chi connectivity index (χ0) is 7.56. The van der Waals surface area contributed by atoms with Crippen molar-refractivity contribution in [2.24, 2.45) is 5.73 Å². The molecule has 4 heteroatoms. The van der Waals surface area contributed by atoms with Crippen molar-refractivity contribution < 1.29 is 9.63 Å². The van der Waals surface area contributed by atoms with Gasteiger partial charge in [0.2, 0.25) is 0 Å². The Morgan fingerprint density at radius 3 is 3.00 bits per heavy atom. The van der Waals surface area contributed by atoms with E-state index in [1.165, 1.54) is 0 Å². The van der Waals surface area contributed by atoms with E-state index in [1.54, 1.807) is 13.0 Å². The maximum atomic E-state index is 9.10. The third-order valence-electron chi connectivity index (χ3n) is 1.21.